The lowest BCUT2D eigenvalue weighted by molar-refractivity contribution is 0.383. The molecule has 1 aromatic heterocycles. The largest absolute Gasteiger partial charge is 0.502 e. The van der Waals surface area contributed by atoms with Crippen LogP contribution in [0.1, 0.15) is 11.4 Å². The Morgan fingerprint density at radius 2 is 1.94 bits per heavy atom. The van der Waals surface area contributed by atoms with E-state index in [9.17, 15) is 5.11 Å². The summed E-state index contributed by atoms with van der Waals surface area (Å²) < 4.78 is 5.04. The quantitative estimate of drug-likeness (QED) is 0.832. The highest BCUT2D eigenvalue weighted by Crippen LogP contribution is 2.20. The van der Waals surface area contributed by atoms with Crippen LogP contribution in [0.2, 0.25) is 0 Å². The molecule has 0 saturated heterocycles. The fraction of sp³-hybridized carbons (Fsp3) is 0.167. The molecule has 1 radical (unpaired) electrons. The van der Waals surface area contributed by atoms with Crippen molar-refractivity contribution in [3.05, 3.63) is 41.9 Å². The van der Waals surface area contributed by atoms with Gasteiger partial charge in [0.1, 0.15) is 17.8 Å². The van der Waals surface area contributed by atoms with E-state index >= 15 is 0 Å². The van der Waals surface area contributed by atoms with Gasteiger partial charge >= 0.3 is 0 Å². The number of aromatic hydroxyl groups is 2. The molecule has 1 aromatic carbocycles. The molecule has 0 fully saturated rings. The molecule has 0 aliphatic heterocycles. The van der Waals surface area contributed by atoms with E-state index in [1.807, 2.05) is 24.3 Å². The molecule has 0 saturated carbocycles. The second-order valence-electron chi connectivity index (χ2n) is 3.45. The maximum absolute atomic E-state index is 9.21. The van der Waals surface area contributed by atoms with Crippen LogP contribution < -0.4 is 4.74 Å². The van der Waals surface area contributed by atoms with Crippen molar-refractivity contribution in [1.29, 1.82) is 0 Å². The predicted molar refractivity (Wildman–Crippen MR) is 60.0 cm³/mol. The summed E-state index contributed by atoms with van der Waals surface area (Å²) in [7, 11) is 1.60. The summed E-state index contributed by atoms with van der Waals surface area (Å²) in [4.78, 5) is 7.54. The van der Waals surface area contributed by atoms with Gasteiger partial charge in [-0.15, -0.1) is 0 Å². The number of hydrogen-bond donors (Lipinski definition) is 2. The molecule has 2 N–H and O–H groups in total. The van der Waals surface area contributed by atoms with Gasteiger partial charge in [0.15, 0.2) is 0 Å². The first-order valence-corrected chi connectivity index (χ1v) is 4.98. The first-order valence-electron chi connectivity index (χ1n) is 4.98. The average Bonchev–Trinajstić information content (AvgIpc) is 2.35. The molecule has 0 aliphatic rings. The number of hydrogen-bond acceptors (Lipinski definition) is 5. The Morgan fingerprint density at radius 1 is 1.24 bits per heavy atom. The summed E-state index contributed by atoms with van der Waals surface area (Å²) in [6.45, 7) is 0. The van der Waals surface area contributed by atoms with Crippen LogP contribution in [0.25, 0.3) is 0 Å². The fourth-order valence-corrected chi connectivity index (χ4v) is 1.37. The zero-order chi connectivity index (χ0) is 12.3. The van der Waals surface area contributed by atoms with Gasteiger partial charge in [-0.1, -0.05) is 12.1 Å². The summed E-state index contributed by atoms with van der Waals surface area (Å²) in [6.07, 6.45) is 2.73. The molecule has 1 heterocycles. The Balaban J connectivity index is 2.16. The summed E-state index contributed by atoms with van der Waals surface area (Å²) in [5, 5.41) is 18.2. The summed E-state index contributed by atoms with van der Waals surface area (Å²) >= 11 is 0. The van der Waals surface area contributed by atoms with Gasteiger partial charge in [0, 0.05) is 6.42 Å². The minimum absolute atomic E-state index is 0.394. The van der Waals surface area contributed by atoms with Crippen molar-refractivity contribution >= 4 is 0 Å². The minimum atomic E-state index is -0.455. The monoisotopic (exact) mass is 231 g/mol. The maximum atomic E-state index is 9.21. The molecule has 0 aliphatic carbocycles. The highest BCUT2D eigenvalue weighted by molar-refractivity contribution is 5.30. The highest BCUT2D eigenvalue weighted by atomic mass is 16.5. The molecule has 2 aromatic rings. The molecule has 5 nitrogen and oxygen atoms in total. The van der Waals surface area contributed by atoms with Gasteiger partial charge in [0.05, 0.1) is 7.11 Å². The highest BCUT2D eigenvalue weighted by Gasteiger charge is 2.05. The van der Waals surface area contributed by atoms with Crippen LogP contribution in [0.15, 0.2) is 24.3 Å². The van der Waals surface area contributed by atoms with Crippen LogP contribution in [-0.4, -0.2) is 27.3 Å². The van der Waals surface area contributed by atoms with Crippen molar-refractivity contribution in [2.75, 3.05) is 7.11 Å². The van der Waals surface area contributed by atoms with Crippen LogP contribution in [-0.2, 0) is 6.42 Å². The number of benzene rings is 1. The molecular weight excluding hydrogens is 220 g/mol. The second-order valence-corrected chi connectivity index (χ2v) is 3.45. The van der Waals surface area contributed by atoms with Gasteiger partial charge in [-0.05, 0) is 17.7 Å². The molecule has 0 unspecified atom stereocenters. The van der Waals surface area contributed by atoms with Crippen molar-refractivity contribution in [3.63, 3.8) is 0 Å². The average molecular weight is 231 g/mol. The van der Waals surface area contributed by atoms with Crippen LogP contribution in [0, 0.1) is 6.20 Å². The molecule has 0 spiro atoms. The summed E-state index contributed by atoms with van der Waals surface area (Å²) in [5.41, 5.74) is 0.976. The van der Waals surface area contributed by atoms with Gasteiger partial charge in [-0.25, -0.2) is 4.98 Å². The standard InChI is InChI=1S/C12H11N2O3/c1-17-9-4-2-8(3-5-9)6-11-13-7-10(15)12(16)14-11/h2-5,15H,6H2,1H3,(H,13,14,16). The van der Waals surface area contributed by atoms with Crippen molar-refractivity contribution in [1.82, 2.24) is 9.97 Å². The van der Waals surface area contributed by atoms with E-state index in [-0.39, 0.29) is 0 Å². The third-order valence-corrected chi connectivity index (χ3v) is 2.26. The second kappa shape index (κ2) is 4.69. The van der Waals surface area contributed by atoms with Gasteiger partial charge in [0.25, 0.3) is 5.88 Å². The Morgan fingerprint density at radius 3 is 2.53 bits per heavy atom. The van der Waals surface area contributed by atoms with E-state index < -0.39 is 11.6 Å². The van der Waals surface area contributed by atoms with Crippen molar-refractivity contribution in [2.24, 2.45) is 0 Å². The topological polar surface area (TPSA) is 75.5 Å². The Labute approximate surface area is 98.4 Å². The van der Waals surface area contributed by atoms with E-state index in [0.29, 0.717) is 12.2 Å². The smallest absolute Gasteiger partial charge is 0.258 e. The number of nitrogens with zero attached hydrogens (tertiary/aromatic N) is 2. The van der Waals surface area contributed by atoms with Crippen molar-refractivity contribution in [3.8, 4) is 17.4 Å². The first-order chi connectivity index (χ1) is 8.19. The molecule has 2 rings (SSSR count). The fourth-order valence-electron chi connectivity index (χ4n) is 1.37. The van der Waals surface area contributed by atoms with E-state index in [1.54, 1.807) is 7.11 Å². The molecule has 5 heteroatoms. The van der Waals surface area contributed by atoms with Gasteiger partial charge in [0.2, 0.25) is 5.75 Å². The zero-order valence-corrected chi connectivity index (χ0v) is 9.21. The molecular formula is C12H11N2O3. The molecule has 17 heavy (non-hydrogen) atoms. The van der Waals surface area contributed by atoms with E-state index in [2.05, 4.69) is 16.2 Å². The first kappa shape index (κ1) is 11.2. The van der Waals surface area contributed by atoms with E-state index in [1.165, 1.54) is 0 Å². The lowest BCUT2D eigenvalue weighted by atomic mass is 10.1. The SMILES string of the molecule is COc1ccc(Cc2n[c]c(O)c(O)n2)cc1. The third kappa shape index (κ3) is 2.63. The van der Waals surface area contributed by atoms with Crippen molar-refractivity contribution < 1.29 is 14.9 Å². The lowest BCUT2D eigenvalue weighted by Gasteiger charge is -2.03. The third-order valence-electron chi connectivity index (χ3n) is 2.26. The molecule has 0 amide bonds. The predicted octanol–water partition coefficient (Wildman–Crippen LogP) is 1.29. The molecule has 0 bridgehead atoms. The number of aromatic nitrogens is 2. The Bertz CT molecular complexity index is 512. The Hall–Kier alpha value is -2.30. The molecule has 87 valence electrons. The molecule has 0 atom stereocenters. The van der Waals surface area contributed by atoms with Crippen LogP contribution >= 0.6 is 0 Å². The summed E-state index contributed by atoms with van der Waals surface area (Å²) in [6, 6.07) is 7.43. The summed E-state index contributed by atoms with van der Waals surface area (Å²) in [5.74, 6) is 0.271. The van der Waals surface area contributed by atoms with Gasteiger partial charge in [-0.3, -0.25) is 0 Å². The van der Waals surface area contributed by atoms with Crippen molar-refractivity contribution in [2.45, 2.75) is 6.42 Å². The normalized spacial score (nSPS) is 10.2. The minimum Gasteiger partial charge on any atom is -0.502 e. The van der Waals surface area contributed by atoms with E-state index in [4.69, 9.17) is 9.84 Å². The number of rotatable bonds is 3. The Kier molecular flexibility index (Phi) is 3.09. The van der Waals surface area contributed by atoms with Crippen LogP contribution in [0.5, 0.6) is 17.4 Å². The maximum Gasteiger partial charge on any atom is 0.258 e. The van der Waals surface area contributed by atoms with Crippen LogP contribution in [0.3, 0.4) is 0 Å². The lowest BCUT2D eigenvalue weighted by Crippen LogP contribution is -1.96. The van der Waals surface area contributed by atoms with Gasteiger partial charge in [-0.2, -0.15) is 4.98 Å². The van der Waals surface area contributed by atoms with E-state index in [0.717, 1.165) is 11.3 Å². The zero-order valence-electron chi connectivity index (χ0n) is 9.21. The van der Waals surface area contributed by atoms with Gasteiger partial charge < -0.3 is 14.9 Å². The number of methoxy groups -OCH3 is 1. The van der Waals surface area contributed by atoms with Crippen LogP contribution in [0.4, 0.5) is 0 Å². The number of ether oxygens (including phenoxy) is 1.